The Labute approximate surface area is 206 Å². The van der Waals surface area contributed by atoms with Crippen LogP contribution in [0.2, 0.25) is 5.02 Å². The summed E-state index contributed by atoms with van der Waals surface area (Å²) in [6.45, 7) is -3.12. The van der Waals surface area contributed by atoms with Gasteiger partial charge in [0.05, 0.1) is 18.7 Å². The third-order valence-electron chi connectivity index (χ3n) is 5.44. The molecule has 182 valence electrons. The molecule has 0 saturated carbocycles. The van der Waals surface area contributed by atoms with Gasteiger partial charge in [-0.1, -0.05) is 22.8 Å². The van der Waals surface area contributed by atoms with Crippen molar-refractivity contribution in [2.75, 3.05) is 13.1 Å². The predicted molar refractivity (Wildman–Crippen MR) is 127 cm³/mol. The lowest BCUT2D eigenvalue weighted by Gasteiger charge is -2.33. The van der Waals surface area contributed by atoms with Gasteiger partial charge in [0, 0.05) is 56.7 Å². The molecule has 0 bridgehead atoms. The predicted octanol–water partition coefficient (Wildman–Crippen LogP) is 4.57. The first-order valence-corrected chi connectivity index (χ1v) is 11.4. The summed E-state index contributed by atoms with van der Waals surface area (Å²) in [5, 5.41) is 17.1. The van der Waals surface area contributed by atoms with Crippen LogP contribution >= 0.6 is 22.9 Å². The van der Waals surface area contributed by atoms with E-state index in [0.717, 1.165) is 12.3 Å². The highest BCUT2D eigenvalue weighted by molar-refractivity contribution is 7.11. The van der Waals surface area contributed by atoms with Crippen molar-refractivity contribution < 1.29 is 18.3 Å². The number of nitrogens with two attached hydrogens (primary N) is 1. The first kappa shape index (κ1) is 24.7. The van der Waals surface area contributed by atoms with Crippen molar-refractivity contribution in [2.24, 2.45) is 20.8 Å². The van der Waals surface area contributed by atoms with E-state index in [-0.39, 0.29) is 30.2 Å². The second kappa shape index (κ2) is 10.1. The zero-order valence-electron chi connectivity index (χ0n) is 17.9. The molecule has 2 aliphatic rings. The van der Waals surface area contributed by atoms with Crippen molar-refractivity contribution in [1.29, 1.82) is 0 Å². The lowest BCUT2D eigenvalue weighted by atomic mass is 9.91. The summed E-state index contributed by atoms with van der Waals surface area (Å²) in [6.07, 6.45) is 3.69. The average molecular weight is 523 g/mol. The first-order valence-electron chi connectivity index (χ1n) is 10.2. The van der Waals surface area contributed by atoms with Crippen LogP contribution in [0, 0.1) is 5.82 Å². The van der Waals surface area contributed by atoms with E-state index in [1.54, 1.807) is 16.5 Å². The minimum atomic E-state index is -2.92. The second-order valence-corrected chi connectivity index (χ2v) is 9.09. The number of rotatable bonds is 7. The summed E-state index contributed by atoms with van der Waals surface area (Å²) < 4.78 is 38.9. The van der Waals surface area contributed by atoms with Crippen LogP contribution in [-0.4, -0.2) is 52.3 Å². The van der Waals surface area contributed by atoms with Gasteiger partial charge in [0.2, 0.25) is 0 Å². The molecule has 0 radical (unpaired) electrons. The quantitative estimate of drug-likeness (QED) is 0.181. The van der Waals surface area contributed by atoms with Crippen LogP contribution in [0.3, 0.4) is 0 Å². The number of amidine groups is 1. The van der Waals surface area contributed by atoms with Crippen LogP contribution in [0.1, 0.15) is 23.0 Å². The van der Waals surface area contributed by atoms with E-state index in [1.807, 2.05) is 0 Å². The number of aliphatic imine (C=N–C) groups is 2. The van der Waals surface area contributed by atoms with Gasteiger partial charge in [-0.25, -0.2) is 14.4 Å². The summed E-state index contributed by atoms with van der Waals surface area (Å²) in [5.74, 6) is -0.137. The second-order valence-electron chi connectivity index (χ2n) is 7.79. The fourth-order valence-corrected chi connectivity index (χ4v) is 4.95. The SMILES string of the molecule is [N-]=[N+]=NC[C@]1(O)CC2=C(C(N)=CC=NC(F)F)[C@H](c3ccc(F)cc3Cl)N=C(c3nccs3)N2C1. The number of thiazole rings is 1. The maximum atomic E-state index is 13.8. The zero-order valence-corrected chi connectivity index (χ0v) is 19.5. The van der Waals surface area contributed by atoms with Gasteiger partial charge in [0.1, 0.15) is 11.9 Å². The van der Waals surface area contributed by atoms with Gasteiger partial charge in [-0.05, 0) is 23.7 Å². The molecule has 2 atom stereocenters. The molecule has 0 aliphatic carbocycles. The van der Waals surface area contributed by atoms with E-state index in [2.05, 4.69) is 20.0 Å². The Kier molecular flexibility index (Phi) is 7.13. The van der Waals surface area contributed by atoms with E-state index in [4.69, 9.17) is 27.9 Å². The van der Waals surface area contributed by atoms with Crippen LogP contribution in [0.15, 0.2) is 67.9 Å². The molecule has 3 N–H and O–H groups in total. The van der Waals surface area contributed by atoms with Crippen LogP contribution in [0.25, 0.3) is 10.4 Å². The van der Waals surface area contributed by atoms with E-state index in [9.17, 15) is 18.3 Å². The largest absolute Gasteiger partial charge is 0.398 e. The van der Waals surface area contributed by atoms with Crippen LogP contribution in [-0.2, 0) is 0 Å². The summed E-state index contributed by atoms with van der Waals surface area (Å²) >= 11 is 7.68. The summed E-state index contributed by atoms with van der Waals surface area (Å²) in [6, 6.07) is 2.95. The minimum Gasteiger partial charge on any atom is -0.398 e. The number of fused-ring (bicyclic) bond motifs is 1. The van der Waals surface area contributed by atoms with Gasteiger partial charge >= 0.3 is 6.55 Å². The number of halogens is 4. The third kappa shape index (κ3) is 5.17. The smallest absolute Gasteiger partial charge is 0.331 e. The Morgan fingerprint density at radius 1 is 1.49 bits per heavy atom. The van der Waals surface area contributed by atoms with Crippen LogP contribution in [0.5, 0.6) is 0 Å². The molecule has 14 heteroatoms. The standard InChI is InChI=1S/C21H18ClF3N8OS/c22-13-7-11(23)1-2-12(13)17-16(14(26)3-4-29-20(24)25)15-8-21(34,9-30-32-27)10-33(15)18(31-17)19-28-5-6-35-19/h1-7,17,20,34H,8-10,26H2/t17-,21+/m0/s1. The summed E-state index contributed by atoms with van der Waals surface area (Å²) in [5.41, 5.74) is 15.0. The van der Waals surface area contributed by atoms with Gasteiger partial charge < -0.3 is 15.7 Å². The van der Waals surface area contributed by atoms with Crippen molar-refractivity contribution in [1.82, 2.24) is 9.88 Å². The van der Waals surface area contributed by atoms with Crippen molar-refractivity contribution in [3.63, 3.8) is 0 Å². The lowest BCUT2D eigenvalue weighted by Crippen LogP contribution is -2.39. The van der Waals surface area contributed by atoms with E-state index in [0.29, 0.717) is 27.7 Å². The molecule has 0 unspecified atom stereocenters. The number of hydrogen-bond acceptors (Lipinski definition) is 8. The van der Waals surface area contributed by atoms with E-state index in [1.165, 1.54) is 29.5 Å². The Bertz CT molecular complexity index is 1290. The molecule has 2 aromatic rings. The van der Waals surface area contributed by atoms with E-state index < -0.39 is 24.0 Å². The van der Waals surface area contributed by atoms with Crippen molar-refractivity contribution >= 4 is 35.0 Å². The van der Waals surface area contributed by atoms with Gasteiger partial charge in [-0.15, -0.1) is 11.3 Å². The number of benzene rings is 1. The van der Waals surface area contributed by atoms with Crippen LogP contribution in [0.4, 0.5) is 13.2 Å². The Balaban J connectivity index is 1.93. The molecule has 1 saturated heterocycles. The molecule has 4 rings (SSSR count). The lowest BCUT2D eigenvalue weighted by molar-refractivity contribution is 0.0650. The molecule has 3 heterocycles. The number of allylic oxidation sites excluding steroid dienone is 1. The van der Waals surface area contributed by atoms with Crippen molar-refractivity contribution in [2.45, 2.75) is 24.6 Å². The molecule has 1 aromatic carbocycles. The van der Waals surface area contributed by atoms with Crippen LogP contribution < -0.4 is 5.73 Å². The molecule has 35 heavy (non-hydrogen) atoms. The maximum absolute atomic E-state index is 13.8. The monoisotopic (exact) mass is 522 g/mol. The van der Waals surface area contributed by atoms with Gasteiger partial charge in [0.15, 0.2) is 10.8 Å². The molecule has 0 amide bonds. The Morgan fingerprint density at radius 2 is 2.29 bits per heavy atom. The molecule has 1 aromatic heterocycles. The minimum absolute atomic E-state index is 0.0155. The highest BCUT2D eigenvalue weighted by Gasteiger charge is 2.46. The van der Waals surface area contributed by atoms with Gasteiger partial charge in [0.25, 0.3) is 0 Å². The highest BCUT2D eigenvalue weighted by Crippen LogP contribution is 2.46. The van der Waals surface area contributed by atoms with Gasteiger partial charge in [-0.2, -0.15) is 8.78 Å². The number of nitrogens with zero attached hydrogens (tertiary/aromatic N) is 7. The number of aromatic nitrogens is 1. The average Bonchev–Trinajstić information content (AvgIpc) is 3.44. The number of azide groups is 1. The highest BCUT2D eigenvalue weighted by atomic mass is 35.5. The Morgan fingerprint density at radius 3 is 2.94 bits per heavy atom. The molecular weight excluding hydrogens is 505 g/mol. The number of hydrogen-bond donors (Lipinski definition) is 2. The fourth-order valence-electron chi connectivity index (χ4n) is 4.04. The summed E-state index contributed by atoms with van der Waals surface area (Å²) in [4.78, 5) is 16.6. The summed E-state index contributed by atoms with van der Waals surface area (Å²) in [7, 11) is 0. The topological polar surface area (TPSA) is 136 Å². The Hall–Kier alpha value is -3.38. The molecule has 9 nitrogen and oxygen atoms in total. The van der Waals surface area contributed by atoms with Crippen molar-refractivity contribution in [3.05, 3.63) is 84.7 Å². The number of aliphatic hydroxyl groups is 1. The zero-order chi connectivity index (χ0) is 25.2. The molecular formula is C21H18ClF3N8OS. The molecule has 1 fully saturated rings. The van der Waals surface area contributed by atoms with Crippen molar-refractivity contribution in [3.8, 4) is 0 Å². The normalized spacial score (nSPS) is 22.6. The maximum Gasteiger partial charge on any atom is 0.331 e. The number of alkyl halides is 2. The van der Waals surface area contributed by atoms with Gasteiger partial charge in [-0.3, -0.25) is 4.99 Å². The molecule has 2 aliphatic heterocycles. The third-order valence-corrected chi connectivity index (χ3v) is 6.54. The fraction of sp³-hybridized carbons (Fsp3) is 0.286. The first-order chi connectivity index (χ1) is 16.7. The van der Waals surface area contributed by atoms with E-state index >= 15 is 0 Å². The molecule has 0 spiro atoms.